The van der Waals surface area contributed by atoms with E-state index < -0.39 is 21.4 Å². The normalized spacial score (nSPS) is 12.3. The van der Waals surface area contributed by atoms with Crippen LogP contribution in [0.25, 0.3) is 0 Å². The Bertz CT molecular complexity index is 576. The Labute approximate surface area is 101 Å². The second-order valence-corrected chi connectivity index (χ2v) is 5.11. The van der Waals surface area contributed by atoms with Gasteiger partial charge in [0, 0.05) is 5.56 Å². The molecule has 0 N–H and O–H groups in total. The number of carbonyl (C=O) groups excluding carboxylic acids is 1. The van der Waals surface area contributed by atoms with Crippen LogP contribution in [-0.4, -0.2) is 20.2 Å². The Morgan fingerprint density at radius 2 is 1.72 bits per heavy atom. The number of alkyl halides is 3. The maximum Gasteiger partial charge on any atom is 0.534 e. The van der Waals surface area contributed by atoms with Gasteiger partial charge in [0.05, 0.1) is 0 Å². The molecule has 1 rings (SSSR count). The van der Waals surface area contributed by atoms with E-state index in [0.29, 0.717) is 11.8 Å². The molecular formula is C10H9F3O4S. The number of hydrogen-bond donors (Lipinski definition) is 0. The van der Waals surface area contributed by atoms with Gasteiger partial charge in [0.15, 0.2) is 0 Å². The molecule has 8 heteroatoms. The van der Waals surface area contributed by atoms with Crippen LogP contribution in [0, 0.1) is 13.8 Å². The van der Waals surface area contributed by atoms with E-state index >= 15 is 0 Å². The summed E-state index contributed by atoms with van der Waals surface area (Å²) in [6.07, 6.45) is 0.405. The van der Waals surface area contributed by atoms with Crippen LogP contribution in [0.4, 0.5) is 13.2 Å². The van der Waals surface area contributed by atoms with E-state index in [2.05, 4.69) is 4.18 Å². The average molecular weight is 282 g/mol. The molecule has 18 heavy (non-hydrogen) atoms. The number of aldehydes is 1. The Kier molecular flexibility index (Phi) is 3.70. The minimum atomic E-state index is -5.73. The fourth-order valence-corrected chi connectivity index (χ4v) is 1.74. The summed E-state index contributed by atoms with van der Waals surface area (Å²) in [4.78, 5) is 10.6. The van der Waals surface area contributed by atoms with Crippen LogP contribution < -0.4 is 4.18 Å². The molecule has 100 valence electrons. The molecule has 0 bridgehead atoms. The summed E-state index contributed by atoms with van der Waals surface area (Å²) < 4.78 is 62.0. The summed E-state index contributed by atoms with van der Waals surface area (Å²) in [7, 11) is -5.73. The summed E-state index contributed by atoms with van der Waals surface area (Å²) in [6, 6.07) is 2.33. The lowest BCUT2D eigenvalue weighted by Crippen LogP contribution is -2.28. The monoisotopic (exact) mass is 282 g/mol. The lowest BCUT2D eigenvalue weighted by molar-refractivity contribution is -0.0500. The van der Waals surface area contributed by atoms with Crippen molar-refractivity contribution in [2.45, 2.75) is 19.4 Å². The largest absolute Gasteiger partial charge is 0.534 e. The number of aryl methyl sites for hydroxylation is 2. The summed E-state index contributed by atoms with van der Waals surface area (Å²) in [5, 5.41) is 0. The van der Waals surface area contributed by atoms with Crippen molar-refractivity contribution < 1.29 is 30.6 Å². The van der Waals surface area contributed by atoms with E-state index in [-0.39, 0.29) is 11.1 Å². The molecule has 0 amide bonds. The molecule has 0 aliphatic heterocycles. The van der Waals surface area contributed by atoms with Crippen LogP contribution in [-0.2, 0) is 10.1 Å². The third-order valence-corrected chi connectivity index (χ3v) is 3.14. The highest BCUT2D eigenvalue weighted by molar-refractivity contribution is 7.88. The molecule has 0 heterocycles. The summed E-state index contributed by atoms with van der Waals surface area (Å²) >= 11 is 0. The Balaban J connectivity index is 3.25. The van der Waals surface area contributed by atoms with Gasteiger partial charge in [-0.1, -0.05) is 6.07 Å². The van der Waals surface area contributed by atoms with Crippen molar-refractivity contribution in [3.63, 3.8) is 0 Å². The van der Waals surface area contributed by atoms with Crippen molar-refractivity contribution in [3.05, 3.63) is 28.8 Å². The fourth-order valence-electron chi connectivity index (χ4n) is 1.23. The molecule has 0 fully saturated rings. The van der Waals surface area contributed by atoms with Gasteiger partial charge in [-0.3, -0.25) is 4.79 Å². The Morgan fingerprint density at radius 3 is 2.17 bits per heavy atom. The fraction of sp³-hybridized carbons (Fsp3) is 0.300. The van der Waals surface area contributed by atoms with Crippen LogP contribution in [0.5, 0.6) is 5.75 Å². The van der Waals surface area contributed by atoms with E-state index in [0.717, 1.165) is 6.07 Å². The molecule has 0 saturated heterocycles. The van der Waals surface area contributed by atoms with Gasteiger partial charge < -0.3 is 4.18 Å². The number of carbonyl (C=O) groups is 1. The Hall–Kier alpha value is -1.57. The van der Waals surface area contributed by atoms with E-state index in [4.69, 9.17) is 0 Å². The number of halogens is 3. The predicted molar refractivity (Wildman–Crippen MR) is 56.9 cm³/mol. The molecule has 0 spiro atoms. The molecule has 4 nitrogen and oxygen atoms in total. The van der Waals surface area contributed by atoms with Crippen LogP contribution >= 0.6 is 0 Å². The first-order valence-corrected chi connectivity index (χ1v) is 6.06. The molecule has 0 saturated carbocycles. The highest BCUT2D eigenvalue weighted by atomic mass is 32.2. The lowest BCUT2D eigenvalue weighted by atomic mass is 10.1. The van der Waals surface area contributed by atoms with E-state index in [9.17, 15) is 26.4 Å². The molecule has 1 aromatic rings. The predicted octanol–water partition coefficient (Wildman–Crippen LogP) is 2.34. The molecule has 0 unspecified atom stereocenters. The highest BCUT2D eigenvalue weighted by Crippen LogP contribution is 2.30. The number of benzene rings is 1. The molecule has 0 aliphatic carbocycles. The van der Waals surface area contributed by atoms with E-state index in [1.165, 1.54) is 13.0 Å². The molecule has 0 atom stereocenters. The lowest BCUT2D eigenvalue weighted by Gasteiger charge is -2.12. The van der Waals surface area contributed by atoms with Gasteiger partial charge in [0.25, 0.3) is 0 Å². The van der Waals surface area contributed by atoms with Gasteiger partial charge in [-0.05, 0) is 31.0 Å². The summed E-state index contributed by atoms with van der Waals surface area (Å²) in [6.45, 7) is 2.95. The van der Waals surface area contributed by atoms with Gasteiger partial charge in [0.2, 0.25) is 0 Å². The molecule has 1 aromatic carbocycles. The van der Waals surface area contributed by atoms with Crippen LogP contribution in [0.15, 0.2) is 12.1 Å². The van der Waals surface area contributed by atoms with Crippen molar-refractivity contribution in [3.8, 4) is 5.75 Å². The van der Waals surface area contributed by atoms with Crippen molar-refractivity contribution in [2.24, 2.45) is 0 Å². The molecule has 0 radical (unpaired) electrons. The maximum absolute atomic E-state index is 12.1. The van der Waals surface area contributed by atoms with Crippen LogP contribution in [0.1, 0.15) is 21.5 Å². The quantitative estimate of drug-likeness (QED) is 0.485. The highest BCUT2D eigenvalue weighted by Gasteiger charge is 2.48. The van der Waals surface area contributed by atoms with Gasteiger partial charge in [-0.25, -0.2) is 0 Å². The molecule has 0 aliphatic rings. The van der Waals surface area contributed by atoms with Gasteiger partial charge >= 0.3 is 15.6 Å². The van der Waals surface area contributed by atoms with Gasteiger partial charge in [-0.2, -0.15) is 21.6 Å². The standard InChI is InChI=1S/C10H9F3O4S/c1-6-3-7(2)9(4-8(6)5-14)17-18(15,16)10(11,12)13/h3-5H,1-2H3. The van der Waals surface area contributed by atoms with Gasteiger partial charge in [-0.15, -0.1) is 0 Å². The van der Waals surface area contributed by atoms with E-state index in [1.54, 1.807) is 6.92 Å². The van der Waals surface area contributed by atoms with Crippen LogP contribution in [0.2, 0.25) is 0 Å². The maximum atomic E-state index is 12.1. The SMILES string of the molecule is Cc1cc(C)c(OS(=O)(=O)C(F)(F)F)cc1C=O. The first kappa shape index (κ1) is 14.5. The summed E-state index contributed by atoms with van der Waals surface area (Å²) in [5.74, 6) is -0.514. The Morgan fingerprint density at radius 1 is 1.17 bits per heavy atom. The molecular weight excluding hydrogens is 273 g/mol. The zero-order chi connectivity index (χ0) is 14.1. The average Bonchev–Trinajstić information content (AvgIpc) is 2.20. The third kappa shape index (κ3) is 2.81. The van der Waals surface area contributed by atoms with Gasteiger partial charge in [0.1, 0.15) is 12.0 Å². The van der Waals surface area contributed by atoms with Crippen LogP contribution in [0.3, 0.4) is 0 Å². The number of rotatable bonds is 3. The minimum Gasteiger partial charge on any atom is -0.376 e. The van der Waals surface area contributed by atoms with Crippen molar-refractivity contribution in [2.75, 3.05) is 0 Å². The summed E-state index contributed by atoms with van der Waals surface area (Å²) in [5.41, 5.74) is -4.75. The second-order valence-electron chi connectivity index (χ2n) is 3.58. The first-order chi connectivity index (χ1) is 8.08. The second kappa shape index (κ2) is 4.60. The first-order valence-electron chi connectivity index (χ1n) is 4.65. The number of hydrogen-bond acceptors (Lipinski definition) is 4. The zero-order valence-corrected chi connectivity index (χ0v) is 10.2. The third-order valence-electron chi connectivity index (χ3n) is 2.17. The van der Waals surface area contributed by atoms with E-state index in [1.807, 2.05) is 0 Å². The zero-order valence-electron chi connectivity index (χ0n) is 9.41. The topological polar surface area (TPSA) is 60.4 Å². The smallest absolute Gasteiger partial charge is 0.376 e. The van der Waals surface area contributed by atoms with Crippen molar-refractivity contribution in [1.29, 1.82) is 0 Å². The molecule has 0 aromatic heterocycles. The van der Waals surface area contributed by atoms with Crippen molar-refractivity contribution >= 4 is 16.4 Å². The van der Waals surface area contributed by atoms with Crippen molar-refractivity contribution in [1.82, 2.24) is 0 Å². The minimum absolute atomic E-state index is 0.0629.